The highest BCUT2D eigenvalue weighted by molar-refractivity contribution is 5.90. The van der Waals surface area contributed by atoms with Crippen molar-refractivity contribution in [2.24, 2.45) is 0 Å². The maximum atomic E-state index is 13.9. The van der Waals surface area contributed by atoms with Gasteiger partial charge in [0.05, 0.1) is 19.3 Å². The first-order valence-electron chi connectivity index (χ1n) is 9.13. The van der Waals surface area contributed by atoms with Crippen LogP contribution in [0.25, 0.3) is 0 Å². The van der Waals surface area contributed by atoms with E-state index in [1.165, 1.54) is 19.2 Å². The molecule has 2 aliphatic rings. The summed E-state index contributed by atoms with van der Waals surface area (Å²) in [6.45, 7) is 4.81. The van der Waals surface area contributed by atoms with E-state index in [4.69, 9.17) is 9.84 Å². The molecule has 3 rings (SSSR count). The van der Waals surface area contributed by atoms with Gasteiger partial charge >= 0.3 is 11.9 Å². The average molecular weight is 380 g/mol. The first-order chi connectivity index (χ1) is 12.9. The number of carbonyl (C=O) groups is 2. The van der Waals surface area contributed by atoms with Crippen molar-refractivity contribution in [1.82, 2.24) is 4.90 Å². The van der Waals surface area contributed by atoms with Crippen LogP contribution in [0.4, 0.5) is 10.1 Å². The molecule has 1 N–H and O–H groups in total. The van der Waals surface area contributed by atoms with Gasteiger partial charge in [-0.15, -0.1) is 0 Å². The highest BCUT2D eigenvalue weighted by Gasteiger charge is 2.33. The lowest BCUT2D eigenvalue weighted by atomic mass is 10.0. The molecule has 0 saturated carbocycles. The van der Waals surface area contributed by atoms with Crippen LogP contribution in [0.15, 0.2) is 18.2 Å². The van der Waals surface area contributed by atoms with Crippen molar-refractivity contribution in [3.05, 3.63) is 29.6 Å². The van der Waals surface area contributed by atoms with E-state index in [0.717, 1.165) is 31.7 Å². The Bertz CT molecular complexity index is 705. The number of halogens is 1. The number of carboxylic acids is 1. The molecule has 8 heteroatoms. The second-order valence-electron chi connectivity index (χ2n) is 7.08. The molecule has 2 fully saturated rings. The Kier molecular flexibility index (Phi) is 5.96. The zero-order valence-electron chi connectivity index (χ0n) is 15.6. The molecule has 2 heterocycles. The summed E-state index contributed by atoms with van der Waals surface area (Å²) in [5.74, 6) is -2.18. The van der Waals surface area contributed by atoms with E-state index in [1.54, 1.807) is 6.07 Å². The topological polar surface area (TPSA) is 79.3 Å². The summed E-state index contributed by atoms with van der Waals surface area (Å²) in [4.78, 5) is 27.2. The molecule has 27 heavy (non-hydrogen) atoms. The van der Waals surface area contributed by atoms with E-state index >= 15 is 0 Å². The minimum absolute atomic E-state index is 0.0648. The van der Waals surface area contributed by atoms with E-state index in [0.29, 0.717) is 13.0 Å². The normalized spacial score (nSPS) is 26.6. The Morgan fingerprint density at radius 2 is 2.07 bits per heavy atom. The number of methoxy groups -OCH3 is 1. The van der Waals surface area contributed by atoms with Gasteiger partial charge < -0.3 is 19.5 Å². The van der Waals surface area contributed by atoms with Gasteiger partial charge in [0.2, 0.25) is 0 Å². The first-order valence-corrected chi connectivity index (χ1v) is 9.13. The number of carbonyl (C=O) groups excluding carboxylic acids is 1. The van der Waals surface area contributed by atoms with Crippen molar-refractivity contribution in [3.8, 4) is 0 Å². The molecule has 0 amide bonds. The van der Waals surface area contributed by atoms with Gasteiger partial charge in [-0.1, -0.05) is 0 Å². The van der Waals surface area contributed by atoms with E-state index in [1.807, 2.05) is 0 Å². The lowest BCUT2D eigenvalue weighted by Crippen LogP contribution is -2.57. The minimum atomic E-state index is -0.899. The Labute approximate surface area is 157 Å². The maximum absolute atomic E-state index is 13.9. The largest absolute Gasteiger partial charge is 0.479 e. The fourth-order valence-electron chi connectivity index (χ4n) is 3.88. The van der Waals surface area contributed by atoms with Gasteiger partial charge in [0.15, 0.2) is 6.10 Å². The van der Waals surface area contributed by atoms with E-state index < -0.39 is 23.9 Å². The third-order valence-electron chi connectivity index (χ3n) is 5.39. The summed E-state index contributed by atoms with van der Waals surface area (Å²) in [7, 11) is 1.23. The van der Waals surface area contributed by atoms with E-state index in [2.05, 4.69) is 21.5 Å². The Morgan fingerprint density at radius 1 is 1.30 bits per heavy atom. The van der Waals surface area contributed by atoms with Gasteiger partial charge in [-0.2, -0.15) is 0 Å². The zero-order chi connectivity index (χ0) is 19.6. The van der Waals surface area contributed by atoms with Crippen molar-refractivity contribution in [1.29, 1.82) is 0 Å². The molecule has 148 valence electrons. The van der Waals surface area contributed by atoms with Gasteiger partial charge in [-0.25, -0.2) is 14.0 Å². The number of rotatable bonds is 4. The minimum Gasteiger partial charge on any atom is -0.479 e. The van der Waals surface area contributed by atoms with Crippen LogP contribution in [-0.4, -0.2) is 73.5 Å². The van der Waals surface area contributed by atoms with Crippen LogP contribution in [0, 0.1) is 5.82 Å². The molecule has 0 aliphatic carbocycles. The second-order valence-corrected chi connectivity index (χ2v) is 7.08. The molecule has 7 nitrogen and oxygen atoms in total. The molecular formula is C19H25FN2O5. The highest BCUT2D eigenvalue weighted by Crippen LogP contribution is 2.26. The second kappa shape index (κ2) is 8.22. The molecule has 0 radical (unpaired) electrons. The van der Waals surface area contributed by atoms with Gasteiger partial charge in [0.25, 0.3) is 0 Å². The first kappa shape index (κ1) is 19.6. The molecular weight excluding hydrogens is 355 g/mol. The highest BCUT2D eigenvalue weighted by atomic mass is 19.1. The Balaban J connectivity index is 1.64. The summed E-state index contributed by atoms with van der Waals surface area (Å²) in [6.07, 6.45) is 0.623. The van der Waals surface area contributed by atoms with Crippen molar-refractivity contribution < 1.29 is 28.6 Å². The Hall–Kier alpha value is -2.19. The quantitative estimate of drug-likeness (QED) is 0.798. The number of carboxylic acid groups (broad SMARTS) is 1. The van der Waals surface area contributed by atoms with Crippen molar-refractivity contribution in [2.75, 3.05) is 38.3 Å². The fourth-order valence-corrected chi connectivity index (χ4v) is 3.88. The summed E-state index contributed by atoms with van der Waals surface area (Å²) in [5, 5.41) is 9.03. The average Bonchev–Trinajstić information content (AvgIpc) is 2.68. The van der Waals surface area contributed by atoms with Crippen LogP contribution in [-0.2, 0) is 14.3 Å². The van der Waals surface area contributed by atoms with Gasteiger partial charge in [0.1, 0.15) is 5.82 Å². The summed E-state index contributed by atoms with van der Waals surface area (Å²) < 4.78 is 24.0. The molecule has 3 unspecified atom stereocenters. The zero-order valence-corrected chi connectivity index (χ0v) is 15.6. The van der Waals surface area contributed by atoms with Gasteiger partial charge in [0, 0.05) is 37.4 Å². The van der Waals surface area contributed by atoms with Crippen LogP contribution in [0.1, 0.15) is 30.1 Å². The molecule has 3 atom stereocenters. The lowest BCUT2D eigenvalue weighted by Gasteiger charge is -2.45. The number of ether oxygens (including phenoxy) is 2. The Morgan fingerprint density at radius 3 is 2.67 bits per heavy atom. The van der Waals surface area contributed by atoms with Crippen LogP contribution in [0.2, 0.25) is 0 Å². The molecule has 0 spiro atoms. The molecule has 2 aliphatic heterocycles. The number of esters is 1. The van der Waals surface area contributed by atoms with E-state index in [-0.39, 0.29) is 17.6 Å². The lowest BCUT2D eigenvalue weighted by molar-refractivity contribution is -0.156. The van der Waals surface area contributed by atoms with Crippen molar-refractivity contribution in [3.63, 3.8) is 0 Å². The summed E-state index contributed by atoms with van der Waals surface area (Å²) in [5.41, 5.74) is 0.722. The van der Waals surface area contributed by atoms with Crippen LogP contribution in [0.3, 0.4) is 0 Å². The number of piperazine rings is 1. The van der Waals surface area contributed by atoms with Crippen molar-refractivity contribution >= 4 is 17.6 Å². The SMILES string of the molecule is COC(=O)c1cc(N2CCN(C3CCC(C(=O)O)OC3)CC2C)ccc1F. The summed E-state index contributed by atoms with van der Waals surface area (Å²) >= 11 is 0. The summed E-state index contributed by atoms with van der Waals surface area (Å²) in [6, 6.07) is 4.88. The molecule has 1 aromatic carbocycles. The third-order valence-corrected chi connectivity index (χ3v) is 5.39. The van der Waals surface area contributed by atoms with Crippen LogP contribution in [0.5, 0.6) is 0 Å². The predicted octanol–water partition coefficient (Wildman–Crippen LogP) is 1.75. The molecule has 2 saturated heterocycles. The predicted molar refractivity (Wildman–Crippen MR) is 96.5 cm³/mol. The van der Waals surface area contributed by atoms with Crippen LogP contribution >= 0.6 is 0 Å². The number of benzene rings is 1. The number of anilines is 1. The van der Waals surface area contributed by atoms with Crippen LogP contribution < -0.4 is 4.90 Å². The number of nitrogens with zero attached hydrogens (tertiary/aromatic N) is 2. The standard InChI is InChI=1S/C19H25FN2O5/c1-12-10-21(14-4-6-17(18(23)24)27-11-14)7-8-22(12)13-3-5-16(20)15(9-13)19(25)26-2/h3,5,9,12,14,17H,4,6-8,10-11H2,1-2H3,(H,23,24). The third kappa shape index (κ3) is 4.22. The van der Waals surface area contributed by atoms with Crippen molar-refractivity contribution in [2.45, 2.75) is 38.0 Å². The number of hydrogen-bond donors (Lipinski definition) is 1. The number of aliphatic carboxylic acids is 1. The molecule has 0 bridgehead atoms. The maximum Gasteiger partial charge on any atom is 0.340 e. The van der Waals surface area contributed by atoms with E-state index in [9.17, 15) is 14.0 Å². The van der Waals surface area contributed by atoms with Gasteiger partial charge in [-0.05, 0) is 38.0 Å². The smallest absolute Gasteiger partial charge is 0.340 e. The fraction of sp³-hybridized carbons (Fsp3) is 0.579. The molecule has 0 aromatic heterocycles. The number of hydrogen-bond acceptors (Lipinski definition) is 6. The van der Waals surface area contributed by atoms with Gasteiger partial charge in [-0.3, -0.25) is 4.90 Å². The molecule has 1 aromatic rings. The monoisotopic (exact) mass is 380 g/mol.